The van der Waals surface area contributed by atoms with Gasteiger partial charge in [-0.25, -0.2) is 0 Å². The molecule has 0 saturated carbocycles. The first kappa shape index (κ1) is 27.2. The minimum Gasteiger partial charge on any atom is -0.497 e. The third-order valence-corrected chi connectivity index (χ3v) is 5.59. The zero-order valence-electron chi connectivity index (χ0n) is 19.9. The summed E-state index contributed by atoms with van der Waals surface area (Å²) < 4.78 is 16.2. The molecule has 1 atom stereocenters. The molecular formula is C25H37IN4O3. The van der Waals surface area contributed by atoms with Crippen molar-refractivity contribution in [3.8, 4) is 11.5 Å². The van der Waals surface area contributed by atoms with Gasteiger partial charge in [-0.05, 0) is 48.7 Å². The average molecular weight is 569 g/mol. The van der Waals surface area contributed by atoms with Gasteiger partial charge in [-0.1, -0.05) is 24.3 Å². The van der Waals surface area contributed by atoms with Crippen LogP contribution in [0.3, 0.4) is 0 Å². The molecule has 1 heterocycles. The number of hydrogen-bond donors (Lipinski definition) is 2. The Morgan fingerprint density at radius 2 is 1.76 bits per heavy atom. The van der Waals surface area contributed by atoms with Gasteiger partial charge in [-0.2, -0.15) is 0 Å². The van der Waals surface area contributed by atoms with Gasteiger partial charge in [-0.15, -0.1) is 24.0 Å². The molecule has 1 aliphatic rings. The molecule has 1 unspecified atom stereocenters. The Hall–Kier alpha value is -2.04. The van der Waals surface area contributed by atoms with Crippen molar-refractivity contribution in [1.82, 2.24) is 15.5 Å². The molecule has 33 heavy (non-hydrogen) atoms. The Morgan fingerprint density at radius 3 is 2.42 bits per heavy atom. The topological polar surface area (TPSA) is 67.4 Å². The van der Waals surface area contributed by atoms with Crippen LogP contribution in [0.15, 0.2) is 53.5 Å². The first-order chi connectivity index (χ1) is 15.7. The number of halogens is 1. The average Bonchev–Trinajstić information content (AvgIpc) is 2.85. The Balaban J connectivity index is 0.00000385. The van der Waals surface area contributed by atoms with E-state index in [1.165, 1.54) is 11.1 Å². The van der Waals surface area contributed by atoms with Gasteiger partial charge in [0.25, 0.3) is 0 Å². The van der Waals surface area contributed by atoms with Gasteiger partial charge in [0.05, 0.1) is 40.0 Å². The maximum Gasteiger partial charge on any atom is 0.191 e. The maximum atomic E-state index is 5.57. The zero-order valence-corrected chi connectivity index (χ0v) is 22.2. The smallest absolute Gasteiger partial charge is 0.191 e. The lowest BCUT2D eigenvalue weighted by Gasteiger charge is -2.34. The summed E-state index contributed by atoms with van der Waals surface area (Å²) in [7, 11) is 3.39. The van der Waals surface area contributed by atoms with Crippen LogP contribution in [-0.2, 0) is 11.2 Å². The number of methoxy groups -OCH3 is 2. The van der Waals surface area contributed by atoms with Gasteiger partial charge < -0.3 is 24.8 Å². The molecule has 0 amide bonds. The Bertz CT molecular complexity index is 842. The van der Waals surface area contributed by atoms with Crippen molar-refractivity contribution in [2.24, 2.45) is 4.99 Å². The number of morpholine rings is 1. The molecule has 0 aromatic heterocycles. The molecule has 2 aromatic rings. The Morgan fingerprint density at radius 1 is 1.03 bits per heavy atom. The first-order valence-corrected chi connectivity index (χ1v) is 11.3. The lowest BCUT2D eigenvalue weighted by Crippen LogP contribution is -2.42. The van der Waals surface area contributed by atoms with Crippen molar-refractivity contribution in [1.29, 1.82) is 0 Å². The van der Waals surface area contributed by atoms with E-state index in [4.69, 9.17) is 19.2 Å². The highest BCUT2D eigenvalue weighted by Gasteiger charge is 2.22. The van der Waals surface area contributed by atoms with E-state index in [9.17, 15) is 0 Å². The van der Waals surface area contributed by atoms with Crippen molar-refractivity contribution in [3.63, 3.8) is 0 Å². The van der Waals surface area contributed by atoms with Crippen LogP contribution in [0.1, 0.15) is 24.1 Å². The summed E-state index contributed by atoms with van der Waals surface area (Å²) in [4.78, 5) is 7.38. The monoisotopic (exact) mass is 568 g/mol. The predicted molar refractivity (Wildman–Crippen MR) is 144 cm³/mol. The van der Waals surface area contributed by atoms with Crippen LogP contribution in [0.2, 0.25) is 0 Å². The second kappa shape index (κ2) is 15.0. The number of hydrogen-bond acceptors (Lipinski definition) is 5. The quantitative estimate of drug-likeness (QED) is 0.260. The summed E-state index contributed by atoms with van der Waals surface area (Å²) in [5.41, 5.74) is 2.47. The van der Waals surface area contributed by atoms with Crippen molar-refractivity contribution in [2.45, 2.75) is 19.4 Å². The van der Waals surface area contributed by atoms with Crippen LogP contribution in [-0.4, -0.2) is 71.0 Å². The third-order valence-electron chi connectivity index (χ3n) is 5.59. The van der Waals surface area contributed by atoms with E-state index in [0.717, 1.165) is 63.3 Å². The van der Waals surface area contributed by atoms with Crippen molar-refractivity contribution < 1.29 is 14.2 Å². The van der Waals surface area contributed by atoms with E-state index in [1.54, 1.807) is 14.2 Å². The molecule has 1 saturated heterocycles. The molecular weight excluding hydrogens is 531 g/mol. The molecule has 1 fully saturated rings. The SMILES string of the molecule is CCNC(=NCC(c1ccc(OC)cc1)N1CCOCC1)NCCc1cccc(OC)c1.I. The second-order valence-corrected chi connectivity index (χ2v) is 7.69. The molecule has 3 rings (SSSR count). The molecule has 0 bridgehead atoms. The number of aliphatic imine (C=N–C) groups is 1. The van der Waals surface area contributed by atoms with Gasteiger partial charge in [0.15, 0.2) is 5.96 Å². The molecule has 182 valence electrons. The summed E-state index contributed by atoms with van der Waals surface area (Å²) in [5.74, 6) is 2.59. The normalized spacial score (nSPS) is 15.3. The predicted octanol–water partition coefficient (Wildman–Crippen LogP) is 3.49. The van der Waals surface area contributed by atoms with Crippen molar-refractivity contribution >= 4 is 29.9 Å². The van der Waals surface area contributed by atoms with Crippen LogP contribution in [0.25, 0.3) is 0 Å². The van der Waals surface area contributed by atoms with Crippen LogP contribution < -0.4 is 20.1 Å². The van der Waals surface area contributed by atoms with Gasteiger partial charge in [-0.3, -0.25) is 9.89 Å². The van der Waals surface area contributed by atoms with Crippen LogP contribution in [0, 0.1) is 0 Å². The molecule has 0 aliphatic carbocycles. The first-order valence-electron chi connectivity index (χ1n) is 11.3. The molecule has 1 aliphatic heterocycles. The molecule has 8 heteroatoms. The largest absolute Gasteiger partial charge is 0.497 e. The zero-order chi connectivity index (χ0) is 22.6. The van der Waals surface area contributed by atoms with Gasteiger partial charge in [0.2, 0.25) is 0 Å². The fourth-order valence-corrected chi connectivity index (χ4v) is 3.82. The minimum absolute atomic E-state index is 0. The van der Waals surface area contributed by atoms with E-state index < -0.39 is 0 Å². The minimum atomic E-state index is 0. The second-order valence-electron chi connectivity index (χ2n) is 7.69. The summed E-state index contributed by atoms with van der Waals surface area (Å²) in [6.45, 7) is 7.70. The molecule has 7 nitrogen and oxygen atoms in total. The molecule has 0 spiro atoms. The van der Waals surface area contributed by atoms with E-state index >= 15 is 0 Å². The lowest BCUT2D eigenvalue weighted by atomic mass is 10.0. The van der Waals surface area contributed by atoms with Gasteiger partial charge in [0.1, 0.15) is 11.5 Å². The summed E-state index contributed by atoms with van der Waals surface area (Å²) in [6.07, 6.45) is 0.896. The summed E-state index contributed by atoms with van der Waals surface area (Å²) in [6, 6.07) is 16.7. The van der Waals surface area contributed by atoms with Crippen LogP contribution in [0.4, 0.5) is 0 Å². The number of benzene rings is 2. The summed E-state index contributed by atoms with van der Waals surface area (Å²) >= 11 is 0. The van der Waals surface area contributed by atoms with E-state index in [0.29, 0.717) is 6.54 Å². The Labute approximate surface area is 214 Å². The molecule has 2 aromatic carbocycles. The number of guanidine groups is 1. The van der Waals surface area contributed by atoms with E-state index in [-0.39, 0.29) is 30.0 Å². The van der Waals surface area contributed by atoms with E-state index in [2.05, 4.69) is 46.7 Å². The lowest BCUT2D eigenvalue weighted by molar-refractivity contribution is 0.0179. The summed E-state index contributed by atoms with van der Waals surface area (Å²) in [5, 5.41) is 6.84. The number of ether oxygens (including phenoxy) is 3. The molecule has 0 radical (unpaired) electrons. The highest BCUT2D eigenvalue weighted by atomic mass is 127. The van der Waals surface area contributed by atoms with Gasteiger partial charge >= 0.3 is 0 Å². The molecule has 2 N–H and O–H groups in total. The third kappa shape index (κ3) is 8.68. The van der Waals surface area contributed by atoms with E-state index in [1.807, 2.05) is 24.3 Å². The highest BCUT2D eigenvalue weighted by molar-refractivity contribution is 14.0. The maximum absolute atomic E-state index is 5.57. The van der Waals surface area contributed by atoms with Crippen molar-refractivity contribution in [2.75, 3.05) is 60.2 Å². The highest BCUT2D eigenvalue weighted by Crippen LogP contribution is 2.24. The fraction of sp³-hybridized carbons (Fsp3) is 0.480. The standard InChI is InChI=1S/C25H36N4O3.HI/c1-4-26-25(27-13-12-20-6-5-7-23(18-20)31-3)28-19-24(29-14-16-32-17-15-29)21-8-10-22(30-2)11-9-21;/h5-11,18,24H,4,12-17,19H2,1-3H3,(H2,26,27,28);1H. The number of nitrogens with zero attached hydrogens (tertiary/aromatic N) is 2. The number of rotatable bonds is 10. The van der Waals surface area contributed by atoms with Crippen LogP contribution in [0.5, 0.6) is 11.5 Å². The fourth-order valence-electron chi connectivity index (χ4n) is 3.82. The van der Waals surface area contributed by atoms with Gasteiger partial charge in [0, 0.05) is 26.2 Å². The van der Waals surface area contributed by atoms with Crippen LogP contribution >= 0.6 is 24.0 Å². The van der Waals surface area contributed by atoms with Crippen molar-refractivity contribution in [3.05, 3.63) is 59.7 Å². The Kier molecular flexibility index (Phi) is 12.3. The number of nitrogens with one attached hydrogen (secondary N) is 2.